The zero-order valence-electron chi connectivity index (χ0n) is 9.67. The summed E-state index contributed by atoms with van der Waals surface area (Å²) in [5.41, 5.74) is 5.54. The molecule has 1 heterocycles. The number of alkyl halides is 3. The molecule has 1 saturated carbocycles. The van der Waals surface area contributed by atoms with E-state index in [4.69, 9.17) is 5.73 Å². The molecule has 0 saturated heterocycles. The Kier molecular flexibility index (Phi) is 3.16. The van der Waals surface area contributed by atoms with Crippen LogP contribution in [0.1, 0.15) is 43.1 Å². The predicted molar refractivity (Wildman–Crippen MR) is 57.4 cm³/mol. The van der Waals surface area contributed by atoms with Gasteiger partial charge in [0.15, 0.2) is 5.69 Å². The smallest absolute Gasteiger partial charge is 0.328 e. The Balaban J connectivity index is 2.19. The number of hydrogen-bond acceptors (Lipinski definition) is 2. The van der Waals surface area contributed by atoms with Crippen LogP contribution in [0.3, 0.4) is 0 Å². The Morgan fingerprint density at radius 1 is 1.29 bits per heavy atom. The van der Waals surface area contributed by atoms with Crippen LogP contribution in [0.5, 0.6) is 0 Å². The van der Waals surface area contributed by atoms with E-state index in [9.17, 15) is 13.2 Å². The third-order valence-corrected chi connectivity index (χ3v) is 3.30. The summed E-state index contributed by atoms with van der Waals surface area (Å²) < 4.78 is 39.1. The van der Waals surface area contributed by atoms with Crippen LogP contribution in [0.25, 0.3) is 0 Å². The zero-order chi connectivity index (χ0) is 12.6. The van der Waals surface area contributed by atoms with Crippen molar-refractivity contribution in [2.24, 2.45) is 5.73 Å². The van der Waals surface area contributed by atoms with Crippen molar-refractivity contribution < 1.29 is 13.2 Å². The first-order valence-corrected chi connectivity index (χ1v) is 5.77. The summed E-state index contributed by atoms with van der Waals surface area (Å²) in [6.07, 6.45) is -1.04. The van der Waals surface area contributed by atoms with E-state index in [-0.39, 0.29) is 12.1 Å². The van der Waals surface area contributed by atoms with Gasteiger partial charge < -0.3 is 5.73 Å². The van der Waals surface area contributed by atoms with Crippen molar-refractivity contribution in [2.45, 2.75) is 50.9 Å². The highest BCUT2D eigenvalue weighted by molar-refractivity contribution is 5.12. The van der Waals surface area contributed by atoms with Gasteiger partial charge in [0, 0.05) is 11.7 Å². The summed E-state index contributed by atoms with van der Waals surface area (Å²) in [4.78, 5) is 0. The molecule has 0 spiro atoms. The fourth-order valence-electron chi connectivity index (χ4n) is 2.34. The molecule has 1 aliphatic rings. The Morgan fingerprint density at radius 3 is 2.35 bits per heavy atom. The molecule has 0 atom stereocenters. The fraction of sp³-hybridized carbons (Fsp3) is 0.727. The van der Waals surface area contributed by atoms with Crippen LogP contribution in [0.4, 0.5) is 13.2 Å². The van der Waals surface area contributed by atoms with Crippen LogP contribution in [0, 0.1) is 6.92 Å². The van der Waals surface area contributed by atoms with E-state index in [0.717, 1.165) is 31.7 Å². The average Bonchev–Trinajstić information content (AvgIpc) is 2.61. The number of nitrogens with zero attached hydrogens (tertiary/aromatic N) is 2. The molecular formula is C11H16F3N3. The van der Waals surface area contributed by atoms with E-state index in [0.29, 0.717) is 5.69 Å². The maximum absolute atomic E-state index is 12.5. The Labute approximate surface area is 97.8 Å². The molecule has 6 heteroatoms. The average molecular weight is 247 g/mol. The second-order valence-electron chi connectivity index (χ2n) is 4.68. The molecule has 1 fully saturated rings. The standard InChI is InChI=1S/C11H16F3N3/c1-7-6-10(11(12,13)14)16-17(7)9-4-2-8(15)3-5-9/h6,8-9H,2-5,15H2,1H3. The van der Waals surface area contributed by atoms with E-state index in [1.54, 1.807) is 6.92 Å². The molecule has 0 aromatic carbocycles. The number of aromatic nitrogens is 2. The second kappa shape index (κ2) is 4.33. The molecule has 3 nitrogen and oxygen atoms in total. The summed E-state index contributed by atoms with van der Waals surface area (Å²) in [6, 6.07) is 1.35. The van der Waals surface area contributed by atoms with Crippen LogP contribution in [-0.4, -0.2) is 15.8 Å². The lowest BCUT2D eigenvalue weighted by atomic mass is 9.92. The summed E-state index contributed by atoms with van der Waals surface area (Å²) in [7, 11) is 0. The fourth-order valence-corrected chi connectivity index (χ4v) is 2.34. The Morgan fingerprint density at radius 2 is 1.88 bits per heavy atom. The van der Waals surface area contributed by atoms with Gasteiger partial charge in [-0.2, -0.15) is 18.3 Å². The van der Waals surface area contributed by atoms with Crippen LogP contribution in [-0.2, 0) is 6.18 Å². The summed E-state index contributed by atoms with van der Waals surface area (Å²) >= 11 is 0. The molecule has 1 aromatic heterocycles. The third kappa shape index (κ3) is 2.62. The minimum Gasteiger partial charge on any atom is -0.328 e. The molecule has 0 amide bonds. The summed E-state index contributed by atoms with van der Waals surface area (Å²) in [5, 5.41) is 3.68. The van der Waals surface area contributed by atoms with E-state index in [1.807, 2.05) is 0 Å². The van der Waals surface area contributed by atoms with Crippen molar-refractivity contribution in [3.63, 3.8) is 0 Å². The third-order valence-electron chi connectivity index (χ3n) is 3.30. The zero-order valence-corrected chi connectivity index (χ0v) is 9.67. The lowest BCUT2D eigenvalue weighted by Crippen LogP contribution is -2.28. The van der Waals surface area contributed by atoms with Gasteiger partial charge in [-0.15, -0.1) is 0 Å². The molecule has 1 aliphatic carbocycles. The quantitative estimate of drug-likeness (QED) is 0.829. The van der Waals surface area contributed by atoms with Crippen molar-refractivity contribution in [2.75, 3.05) is 0 Å². The van der Waals surface area contributed by atoms with Crippen molar-refractivity contribution in [3.05, 3.63) is 17.5 Å². The SMILES string of the molecule is Cc1cc(C(F)(F)F)nn1C1CCC(N)CC1. The number of aryl methyl sites for hydroxylation is 1. The predicted octanol–water partition coefficient (Wildman–Crippen LogP) is 2.65. The van der Waals surface area contributed by atoms with Gasteiger partial charge >= 0.3 is 6.18 Å². The van der Waals surface area contributed by atoms with Crippen molar-refractivity contribution >= 4 is 0 Å². The largest absolute Gasteiger partial charge is 0.435 e. The first-order chi connectivity index (χ1) is 7.88. The van der Waals surface area contributed by atoms with Gasteiger partial charge in [-0.05, 0) is 38.7 Å². The van der Waals surface area contributed by atoms with Crippen LogP contribution >= 0.6 is 0 Å². The topological polar surface area (TPSA) is 43.8 Å². The van der Waals surface area contributed by atoms with Crippen LogP contribution in [0.15, 0.2) is 6.07 Å². The second-order valence-corrected chi connectivity index (χ2v) is 4.68. The highest BCUT2D eigenvalue weighted by Crippen LogP contribution is 2.32. The van der Waals surface area contributed by atoms with Crippen molar-refractivity contribution in [1.29, 1.82) is 0 Å². The minimum atomic E-state index is -4.36. The van der Waals surface area contributed by atoms with Gasteiger partial charge in [0.05, 0.1) is 6.04 Å². The summed E-state index contributed by atoms with van der Waals surface area (Å²) in [5.74, 6) is 0. The molecule has 2 N–H and O–H groups in total. The molecule has 17 heavy (non-hydrogen) atoms. The molecule has 0 radical (unpaired) electrons. The number of hydrogen-bond donors (Lipinski definition) is 1. The van der Waals surface area contributed by atoms with Gasteiger partial charge in [-0.1, -0.05) is 0 Å². The van der Waals surface area contributed by atoms with E-state index in [2.05, 4.69) is 5.10 Å². The van der Waals surface area contributed by atoms with Gasteiger partial charge in [0.25, 0.3) is 0 Å². The van der Waals surface area contributed by atoms with Gasteiger partial charge in [-0.3, -0.25) is 4.68 Å². The van der Waals surface area contributed by atoms with Crippen LogP contribution in [0.2, 0.25) is 0 Å². The normalized spacial score (nSPS) is 26.2. The van der Waals surface area contributed by atoms with Crippen LogP contribution < -0.4 is 5.73 Å². The van der Waals surface area contributed by atoms with Gasteiger partial charge in [0.2, 0.25) is 0 Å². The van der Waals surface area contributed by atoms with Crippen molar-refractivity contribution in [3.8, 4) is 0 Å². The number of nitrogens with two attached hydrogens (primary N) is 1. The highest BCUT2D eigenvalue weighted by Gasteiger charge is 2.35. The van der Waals surface area contributed by atoms with E-state index < -0.39 is 11.9 Å². The summed E-state index contributed by atoms with van der Waals surface area (Å²) in [6.45, 7) is 1.66. The molecule has 0 aliphatic heterocycles. The molecule has 1 aromatic rings. The molecule has 0 bridgehead atoms. The molecule has 2 rings (SSSR count). The molecule has 0 unspecified atom stereocenters. The van der Waals surface area contributed by atoms with Gasteiger partial charge in [0.1, 0.15) is 0 Å². The molecule has 96 valence electrons. The molecular weight excluding hydrogens is 231 g/mol. The Bertz CT molecular complexity index is 389. The highest BCUT2D eigenvalue weighted by atomic mass is 19.4. The van der Waals surface area contributed by atoms with Crippen molar-refractivity contribution in [1.82, 2.24) is 9.78 Å². The number of halogens is 3. The van der Waals surface area contributed by atoms with E-state index >= 15 is 0 Å². The monoisotopic (exact) mass is 247 g/mol. The van der Waals surface area contributed by atoms with E-state index in [1.165, 1.54) is 4.68 Å². The maximum Gasteiger partial charge on any atom is 0.435 e. The minimum absolute atomic E-state index is 0.0610. The first-order valence-electron chi connectivity index (χ1n) is 5.77. The lowest BCUT2D eigenvalue weighted by molar-refractivity contribution is -0.141. The van der Waals surface area contributed by atoms with Gasteiger partial charge in [-0.25, -0.2) is 0 Å². The number of rotatable bonds is 1. The first kappa shape index (κ1) is 12.4. The maximum atomic E-state index is 12.5. The Hall–Kier alpha value is -1.04. The lowest BCUT2D eigenvalue weighted by Gasteiger charge is -2.27.